The molecule has 0 saturated carbocycles. The number of nitrogens with one attached hydrogen (secondary N) is 1. The van der Waals surface area contributed by atoms with Crippen LogP contribution >= 0.6 is 0 Å². The second kappa shape index (κ2) is 6.25. The van der Waals surface area contributed by atoms with Gasteiger partial charge in [-0.25, -0.2) is 4.79 Å². The van der Waals surface area contributed by atoms with Crippen LogP contribution in [-0.4, -0.2) is 28.8 Å². The molecule has 17 heavy (non-hydrogen) atoms. The number of hydrogen-bond donors (Lipinski definition) is 3. The summed E-state index contributed by atoms with van der Waals surface area (Å²) in [6, 6.07) is 5.30. The molecular weight excluding hydrogens is 218 g/mol. The monoisotopic (exact) mass is 237 g/mol. The molecule has 4 heteroatoms. The Hall–Kier alpha value is -1.55. The molecule has 0 bridgehead atoms. The van der Waals surface area contributed by atoms with Crippen molar-refractivity contribution in [2.45, 2.75) is 32.7 Å². The van der Waals surface area contributed by atoms with E-state index in [0.29, 0.717) is 12.1 Å². The van der Waals surface area contributed by atoms with Crippen LogP contribution in [0, 0.1) is 6.92 Å². The Balaban J connectivity index is 2.94. The molecule has 0 aliphatic heterocycles. The highest BCUT2D eigenvalue weighted by molar-refractivity contribution is 5.94. The van der Waals surface area contributed by atoms with Gasteiger partial charge in [0, 0.05) is 18.3 Å². The highest BCUT2D eigenvalue weighted by atomic mass is 16.4. The predicted molar refractivity (Wildman–Crippen MR) is 67.5 cm³/mol. The van der Waals surface area contributed by atoms with Crippen molar-refractivity contribution >= 4 is 11.7 Å². The molecule has 1 atom stereocenters. The van der Waals surface area contributed by atoms with E-state index in [1.165, 1.54) is 0 Å². The number of aromatic carboxylic acids is 1. The van der Waals surface area contributed by atoms with Gasteiger partial charge < -0.3 is 15.5 Å². The maximum atomic E-state index is 11.1. The first-order valence-corrected chi connectivity index (χ1v) is 5.79. The van der Waals surface area contributed by atoms with E-state index < -0.39 is 5.97 Å². The average Bonchev–Trinajstić information content (AvgIpc) is 2.28. The van der Waals surface area contributed by atoms with Crippen molar-refractivity contribution in [3.63, 3.8) is 0 Å². The fourth-order valence-corrected chi connectivity index (χ4v) is 1.72. The van der Waals surface area contributed by atoms with Crippen molar-refractivity contribution in [1.82, 2.24) is 0 Å². The Bertz CT molecular complexity index is 390. The number of anilines is 1. The molecule has 0 aliphatic carbocycles. The minimum absolute atomic E-state index is 0.0970. The van der Waals surface area contributed by atoms with Gasteiger partial charge in [0.05, 0.1) is 5.56 Å². The third-order valence-corrected chi connectivity index (χ3v) is 2.74. The number of hydrogen-bond acceptors (Lipinski definition) is 3. The molecule has 3 N–H and O–H groups in total. The van der Waals surface area contributed by atoms with Crippen LogP contribution < -0.4 is 5.32 Å². The number of carbonyl (C=O) groups is 1. The van der Waals surface area contributed by atoms with Crippen LogP contribution in [-0.2, 0) is 0 Å². The summed E-state index contributed by atoms with van der Waals surface area (Å²) in [5.74, 6) is -0.939. The first-order valence-electron chi connectivity index (χ1n) is 5.79. The summed E-state index contributed by atoms with van der Waals surface area (Å²) in [6.07, 6.45) is 1.46. The fourth-order valence-electron chi connectivity index (χ4n) is 1.72. The Morgan fingerprint density at radius 3 is 2.71 bits per heavy atom. The van der Waals surface area contributed by atoms with E-state index in [1.54, 1.807) is 12.1 Å². The largest absolute Gasteiger partial charge is 0.478 e. The lowest BCUT2D eigenvalue weighted by Crippen LogP contribution is -2.21. The summed E-state index contributed by atoms with van der Waals surface area (Å²) in [5.41, 5.74) is 1.90. The summed E-state index contributed by atoms with van der Waals surface area (Å²) >= 11 is 0. The number of aryl methyl sites for hydroxylation is 1. The molecule has 0 amide bonds. The molecule has 0 aliphatic rings. The average molecular weight is 237 g/mol. The number of aliphatic hydroxyl groups is 1. The van der Waals surface area contributed by atoms with E-state index in [9.17, 15) is 4.79 Å². The van der Waals surface area contributed by atoms with Gasteiger partial charge in [0.1, 0.15) is 0 Å². The number of carboxylic acids is 1. The molecule has 0 aromatic heterocycles. The third-order valence-electron chi connectivity index (χ3n) is 2.74. The number of aliphatic hydroxyl groups excluding tert-OH is 1. The summed E-state index contributed by atoms with van der Waals surface area (Å²) in [4.78, 5) is 11.1. The van der Waals surface area contributed by atoms with Gasteiger partial charge >= 0.3 is 5.97 Å². The first kappa shape index (κ1) is 13.5. The lowest BCUT2D eigenvalue weighted by Gasteiger charge is -2.19. The lowest BCUT2D eigenvalue weighted by atomic mass is 10.1. The van der Waals surface area contributed by atoms with Crippen molar-refractivity contribution in [2.75, 3.05) is 11.9 Å². The zero-order valence-corrected chi connectivity index (χ0v) is 10.2. The van der Waals surface area contributed by atoms with Crippen LogP contribution in [0.1, 0.15) is 35.7 Å². The van der Waals surface area contributed by atoms with Crippen LogP contribution in [0.4, 0.5) is 5.69 Å². The Morgan fingerprint density at radius 2 is 2.18 bits per heavy atom. The Labute approximate surface area is 101 Å². The van der Waals surface area contributed by atoms with Gasteiger partial charge in [0.25, 0.3) is 0 Å². The SMILES string of the molecule is CCC(CCO)Nc1cc(C)ccc1C(=O)O. The Morgan fingerprint density at radius 1 is 1.47 bits per heavy atom. The van der Waals surface area contributed by atoms with Gasteiger partial charge in [-0.1, -0.05) is 13.0 Å². The zero-order chi connectivity index (χ0) is 12.8. The van der Waals surface area contributed by atoms with Crippen molar-refractivity contribution in [3.05, 3.63) is 29.3 Å². The normalized spacial score (nSPS) is 12.2. The summed E-state index contributed by atoms with van der Waals surface area (Å²) in [6.45, 7) is 4.02. The van der Waals surface area contributed by atoms with Crippen LogP contribution in [0.25, 0.3) is 0 Å². The maximum Gasteiger partial charge on any atom is 0.337 e. The van der Waals surface area contributed by atoms with Gasteiger partial charge in [-0.15, -0.1) is 0 Å². The van der Waals surface area contributed by atoms with Crippen molar-refractivity contribution < 1.29 is 15.0 Å². The molecule has 94 valence electrons. The van der Waals surface area contributed by atoms with E-state index in [0.717, 1.165) is 12.0 Å². The van der Waals surface area contributed by atoms with E-state index >= 15 is 0 Å². The van der Waals surface area contributed by atoms with Crippen molar-refractivity contribution in [3.8, 4) is 0 Å². The molecule has 0 heterocycles. The topological polar surface area (TPSA) is 69.6 Å². The Kier molecular flexibility index (Phi) is 4.97. The van der Waals surface area contributed by atoms with E-state index in [4.69, 9.17) is 10.2 Å². The summed E-state index contributed by atoms with van der Waals surface area (Å²) in [5, 5.41) is 21.2. The number of benzene rings is 1. The van der Waals surface area contributed by atoms with Gasteiger partial charge in [-0.05, 0) is 37.5 Å². The van der Waals surface area contributed by atoms with Crippen molar-refractivity contribution in [2.24, 2.45) is 0 Å². The highest BCUT2D eigenvalue weighted by Crippen LogP contribution is 2.20. The molecule has 1 aromatic carbocycles. The quantitative estimate of drug-likeness (QED) is 0.710. The third kappa shape index (κ3) is 3.75. The van der Waals surface area contributed by atoms with Crippen LogP contribution in [0.5, 0.6) is 0 Å². The van der Waals surface area contributed by atoms with E-state index in [1.807, 2.05) is 19.9 Å². The molecule has 1 unspecified atom stereocenters. The second-order valence-electron chi connectivity index (χ2n) is 4.12. The highest BCUT2D eigenvalue weighted by Gasteiger charge is 2.13. The predicted octanol–water partition coefficient (Wildman–Crippen LogP) is 2.27. The molecule has 0 radical (unpaired) electrons. The van der Waals surface area contributed by atoms with Gasteiger partial charge in [0.15, 0.2) is 0 Å². The van der Waals surface area contributed by atoms with Crippen LogP contribution in [0.3, 0.4) is 0 Å². The molecule has 0 saturated heterocycles. The molecular formula is C13H19NO3. The standard InChI is InChI=1S/C13H19NO3/c1-3-10(6-7-15)14-12-8-9(2)4-5-11(12)13(16)17/h4-5,8,10,14-15H,3,6-7H2,1-2H3,(H,16,17). The summed E-state index contributed by atoms with van der Waals surface area (Å²) < 4.78 is 0. The smallest absolute Gasteiger partial charge is 0.337 e. The van der Waals surface area contributed by atoms with Gasteiger partial charge in [-0.3, -0.25) is 0 Å². The van der Waals surface area contributed by atoms with E-state index in [2.05, 4.69) is 5.32 Å². The molecule has 0 spiro atoms. The number of rotatable bonds is 6. The molecule has 0 fully saturated rings. The maximum absolute atomic E-state index is 11.1. The van der Waals surface area contributed by atoms with Gasteiger partial charge in [0.2, 0.25) is 0 Å². The lowest BCUT2D eigenvalue weighted by molar-refractivity contribution is 0.0698. The van der Waals surface area contributed by atoms with Crippen LogP contribution in [0.15, 0.2) is 18.2 Å². The van der Waals surface area contributed by atoms with Crippen LogP contribution in [0.2, 0.25) is 0 Å². The first-order chi connectivity index (χ1) is 8.08. The van der Waals surface area contributed by atoms with E-state index in [-0.39, 0.29) is 18.2 Å². The van der Waals surface area contributed by atoms with Crippen molar-refractivity contribution in [1.29, 1.82) is 0 Å². The minimum Gasteiger partial charge on any atom is -0.478 e. The summed E-state index contributed by atoms with van der Waals surface area (Å²) in [7, 11) is 0. The minimum atomic E-state index is -0.939. The fraction of sp³-hybridized carbons (Fsp3) is 0.462. The second-order valence-corrected chi connectivity index (χ2v) is 4.12. The molecule has 1 rings (SSSR count). The zero-order valence-electron chi connectivity index (χ0n) is 10.2. The molecule has 4 nitrogen and oxygen atoms in total. The molecule has 1 aromatic rings. The van der Waals surface area contributed by atoms with Gasteiger partial charge in [-0.2, -0.15) is 0 Å². The number of carboxylic acid groups (broad SMARTS) is 1.